The van der Waals surface area contributed by atoms with Gasteiger partial charge in [-0.25, -0.2) is 4.39 Å². The summed E-state index contributed by atoms with van der Waals surface area (Å²) in [7, 11) is 0. The molecular formula is C20H20FNO5. The fraction of sp³-hybridized carbons (Fsp3) is 0.300. The highest BCUT2D eigenvalue weighted by atomic mass is 19.1. The second-order valence-corrected chi connectivity index (χ2v) is 6.25. The van der Waals surface area contributed by atoms with Gasteiger partial charge in [0.15, 0.2) is 0 Å². The van der Waals surface area contributed by atoms with Crippen LogP contribution in [-0.4, -0.2) is 47.7 Å². The number of benzene rings is 2. The molecule has 27 heavy (non-hydrogen) atoms. The summed E-state index contributed by atoms with van der Waals surface area (Å²) in [5.41, 5.74) is 1.18. The van der Waals surface area contributed by atoms with E-state index in [0.29, 0.717) is 24.5 Å². The molecule has 1 aliphatic rings. The van der Waals surface area contributed by atoms with E-state index in [-0.39, 0.29) is 31.3 Å². The molecule has 0 spiro atoms. The standard InChI is InChI=1S/C20H20FNO5/c21-15-7-5-14(6-8-15)13-27-18-4-2-1-3-17(18)20(25)22-9-10-26-16(12-22)11-19(23)24/h1-8,16H,9-13H2,(H,23,24). The van der Waals surface area contributed by atoms with E-state index in [4.69, 9.17) is 14.6 Å². The SMILES string of the molecule is O=C(O)CC1CN(C(=O)c2ccccc2OCc2ccc(F)cc2)CCO1. The number of halogens is 1. The van der Waals surface area contributed by atoms with Crippen LogP contribution in [0.25, 0.3) is 0 Å². The van der Waals surface area contributed by atoms with Crippen molar-refractivity contribution < 1.29 is 28.6 Å². The fourth-order valence-corrected chi connectivity index (χ4v) is 2.90. The number of rotatable bonds is 6. The van der Waals surface area contributed by atoms with Crippen LogP contribution in [0, 0.1) is 5.82 Å². The zero-order valence-corrected chi connectivity index (χ0v) is 14.6. The Balaban J connectivity index is 1.69. The highest BCUT2D eigenvalue weighted by molar-refractivity contribution is 5.97. The highest BCUT2D eigenvalue weighted by Crippen LogP contribution is 2.23. The number of carbonyl (C=O) groups is 2. The van der Waals surface area contributed by atoms with Crippen molar-refractivity contribution in [1.82, 2.24) is 4.90 Å². The number of amides is 1. The lowest BCUT2D eigenvalue weighted by Gasteiger charge is -2.32. The first-order valence-corrected chi connectivity index (χ1v) is 8.62. The zero-order chi connectivity index (χ0) is 19.2. The summed E-state index contributed by atoms with van der Waals surface area (Å²) in [5.74, 6) is -1.09. The van der Waals surface area contributed by atoms with Crippen molar-refractivity contribution in [3.63, 3.8) is 0 Å². The normalized spacial score (nSPS) is 16.8. The summed E-state index contributed by atoms with van der Waals surface area (Å²) in [6.07, 6.45) is -0.667. The zero-order valence-electron chi connectivity index (χ0n) is 14.6. The molecule has 1 amide bonds. The molecule has 1 atom stereocenters. The number of carboxylic acids is 1. The van der Waals surface area contributed by atoms with Crippen LogP contribution >= 0.6 is 0 Å². The molecule has 1 fully saturated rings. The Morgan fingerprint density at radius 1 is 1.19 bits per heavy atom. The number of ether oxygens (including phenoxy) is 2. The largest absolute Gasteiger partial charge is 0.488 e. The number of carbonyl (C=O) groups excluding carboxylic acids is 1. The van der Waals surface area contributed by atoms with Gasteiger partial charge in [0.25, 0.3) is 5.91 Å². The topological polar surface area (TPSA) is 76.1 Å². The van der Waals surface area contributed by atoms with Gasteiger partial charge in [-0.05, 0) is 29.8 Å². The van der Waals surface area contributed by atoms with Crippen LogP contribution in [0.15, 0.2) is 48.5 Å². The van der Waals surface area contributed by atoms with E-state index in [1.165, 1.54) is 12.1 Å². The molecular weight excluding hydrogens is 353 g/mol. The summed E-state index contributed by atoms with van der Waals surface area (Å²) in [6, 6.07) is 12.8. The molecule has 1 heterocycles. The van der Waals surface area contributed by atoms with Gasteiger partial charge in [0.2, 0.25) is 0 Å². The molecule has 0 radical (unpaired) electrons. The molecule has 0 saturated carbocycles. The van der Waals surface area contributed by atoms with Gasteiger partial charge in [0, 0.05) is 13.1 Å². The molecule has 1 saturated heterocycles. The fourth-order valence-electron chi connectivity index (χ4n) is 2.90. The maximum Gasteiger partial charge on any atom is 0.306 e. The van der Waals surface area contributed by atoms with Crippen LogP contribution in [0.5, 0.6) is 5.75 Å². The lowest BCUT2D eigenvalue weighted by atomic mass is 10.1. The van der Waals surface area contributed by atoms with Crippen LogP contribution in [-0.2, 0) is 16.1 Å². The maximum absolute atomic E-state index is 13.0. The minimum absolute atomic E-state index is 0.146. The Morgan fingerprint density at radius 2 is 1.93 bits per heavy atom. The van der Waals surface area contributed by atoms with E-state index in [2.05, 4.69) is 0 Å². The molecule has 0 aliphatic carbocycles. The van der Waals surface area contributed by atoms with Crippen molar-refractivity contribution in [2.75, 3.05) is 19.7 Å². The van der Waals surface area contributed by atoms with Crippen molar-refractivity contribution in [3.8, 4) is 5.75 Å². The molecule has 7 heteroatoms. The summed E-state index contributed by atoms with van der Waals surface area (Å²) in [6.45, 7) is 1.11. The van der Waals surface area contributed by atoms with Gasteiger partial charge in [0.05, 0.1) is 24.7 Å². The Hall–Kier alpha value is -2.93. The molecule has 0 aromatic heterocycles. The number of hydrogen-bond donors (Lipinski definition) is 1. The Morgan fingerprint density at radius 3 is 2.67 bits per heavy atom. The first-order valence-electron chi connectivity index (χ1n) is 8.62. The second-order valence-electron chi connectivity index (χ2n) is 6.25. The highest BCUT2D eigenvalue weighted by Gasteiger charge is 2.28. The van der Waals surface area contributed by atoms with E-state index in [9.17, 15) is 14.0 Å². The smallest absolute Gasteiger partial charge is 0.306 e. The summed E-state index contributed by atoms with van der Waals surface area (Å²) in [5, 5.41) is 8.92. The second kappa shape index (κ2) is 8.64. The molecule has 2 aromatic carbocycles. The Kier molecular flexibility index (Phi) is 6.03. The third-order valence-corrected chi connectivity index (χ3v) is 4.25. The van der Waals surface area contributed by atoms with Gasteiger partial charge in [-0.1, -0.05) is 24.3 Å². The van der Waals surface area contributed by atoms with Crippen LogP contribution in [0.3, 0.4) is 0 Å². The summed E-state index contributed by atoms with van der Waals surface area (Å²) >= 11 is 0. The van der Waals surface area contributed by atoms with Crippen molar-refractivity contribution in [2.24, 2.45) is 0 Å². The molecule has 1 unspecified atom stereocenters. The van der Waals surface area contributed by atoms with Crippen molar-refractivity contribution >= 4 is 11.9 Å². The molecule has 142 valence electrons. The third kappa shape index (κ3) is 5.04. The van der Waals surface area contributed by atoms with Crippen LogP contribution in [0.2, 0.25) is 0 Å². The van der Waals surface area contributed by atoms with Gasteiger partial charge >= 0.3 is 5.97 Å². The average Bonchev–Trinajstić information content (AvgIpc) is 2.67. The van der Waals surface area contributed by atoms with Gasteiger partial charge in [-0.2, -0.15) is 0 Å². The molecule has 1 aliphatic heterocycles. The van der Waals surface area contributed by atoms with E-state index in [0.717, 1.165) is 5.56 Å². The quantitative estimate of drug-likeness (QED) is 0.843. The van der Waals surface area contributed by atoms with E-state index in [1.54, 1.807) is 41.3 Å². The van der Waals surface area contributed by atoms with Crippen LogP contribution < -0.4 is 4.74 Å². The summed E-state index contributed by atoms with van der Waals surface area (Å²) < 4.78 is 24.2. The summed E-state index contributed by atoms with van der Waals surface area (Å²) in [4.78, 5) is 25.4. The Bertz CT molecular complexity index is 808. The molecule has 1 N–H and O–H groups in total. The van der Waals surface area contributed by atoms with Gasteiger partial charge < -0.3 is 19.5 Å². The van der Waals surface area contributed by atoms with E-state index >= 15 is 0 Å². The minimum Gasteiger partial charge on any atom is -0.488 e. The number of nitrogens with zero attached hydrogens (tertiary/aromatic N) is 1. The predicted molar refractivity (Wildman–Crippen MR) is 95.1 cm³/mol. The maximum atomic E-state index is 13.0. The number of hydrogen-bond acceptors (Lipinski definition) is 4. The average molecular weight is 373 g/mol. The molecule has 3 rings (SSSR count). The van der Waals surface area contributed by atoms with Crippen LogP contribution in [0.4, 0.5) is 4.39 Å². The first kappa shape index (κ1) is 18.8. The van der Waals surface area contributed by atoms with E-state index < -0.39 is 12.1 Å². The monoisotopic (exact) mass is 373 g/mol. The predicted octanol–water partition coefficient (Wildman–Crippen LogP) is 2.72. The molecule has 2 aromatic rings. The number of morpholine rings is 1. The molecule has 6 nitrogen and oxygen atoms in total. The van der Waals surface area contributed by atoms with Gasteiger partial charge in [-0.15, -0.1) is 0 Å². The number of aliphatic carboxylic acids is 1. The number of para-hydroxylation sites is 1. The first-order chi connectivity index (χ1) is 13.0. The lowest BCUT2D eigenvalue weighted by Crippen LogP contribution is -2.46. The lowest BCUT2D eigenvalue weighted by molar-refractivity contribution is -0.141. The minimum atomic E-state index is -0.961. The van der Waals surface area contributed by atoms with Crippen molar-refractivity contribution in [1.29, 1.82) is 0 Å². The van der Waals surface area contributed by atoms with Crippen molar-refractivity contribution in [2.45, 2.75) is 19.1 Å². The van der Waals surface area contributed by atoms with Gasteiger partial charge in [0.1, 0.15) is 18.2 Å². The van der Waals surface area contributed by atoms with Crippen molar-refractivity contribution in [3.05, 3.63) is 65.5 Å². The third-order valence-electron chi connectivity index (χ3n) is 4.25. The van der Waals surface area contributed by atoms with E-state index in [1.807, 2.05) is 0 Å². The molecule has 0 bridgehead atoms. The van der Waals surface area contributed by atoms with Crippen LogP contribution in [0.1, 0.15) is 22.3 Å². The number of carboxylic acid groups (broad SMARTS) is 1. The Labute approximate surface area is 156 Å². The van der Waals surface area contributed by atoms with Gasteiger partial charge in [-0.3, -0.25) is 9.59 Å².